The zero-order chi connectivity index (χ0) is 73.2. The first-order valence-electron chi connectivity index (χ1n) is 33.1. The second kappa shape index (κ2) is 34.2. The van der Waals surface area contributed by atoms with E-state index < -0.39 is 208 Å². The van der Waals surface area contributed by atoms with E-state index in [9.17, 15) is 75.3 Å². The molecule has 23 atom stereocenters. The minimum Gasteiger partial charge on any atom is -0.497 e. The van der Waals surface area contributed by atoms with Crippen molar-refractivity contribution < 1.29 is 118 Å². The monoisotopic (exact) mass is 1430 g/mol. The Hall–Kier alpha value is -8.54. The number of aliphatic hydroxyl groups is 11. The van der Waals surface area contributed by atoms with Gasteiger partial charge in [-0.05, 0) is 70.6 Å². The van der Waals surface area contributed by atoms with Crippen LogP contribution in [0.2, 0.25) is 0 Å². The number of nitrogens with zero attached hydrogens (tertiary/aromatic N) is 3. The predicted octanol–water partition coefficient (Wildman–Crippen LogP) is -8.17. The summed E-state index contributed by atoms with van der Waals surface area (Å²) in [5.74, 6) is -6.50. The lowest BCUT2D eigenvalue weighted by Crippen LogP contribution is -2.66. The van der Waals surface area contributed by atoms with Crippen LogP contribution >= 0.6 is 0 Å². The fraction of sp³-hybridized carbons (Fsp3) is 0.545. The number of ether oxygens (including phenoxy) is 7. The highest BCUT2D eigenvalue weighted by molar-refractivity contribution is 5.98. The van der Waals surface area contributed by atoms with Crippen molar-refractivity contribution in [2.45, 2.75) is 173 Å². The molecule has 0 bridgehead atoms. The second-order valence-corrected chi connectivity index (χ2v) is 25.8. The Balaban J connectivity index is 0.871. The molecule has 4 aromatic rings. The molecule has 0 saturated carbocycles. The van der Waals surface area contributed by atoms with E-state index in [4.69, 9.17) is 44.6 Å². The molecule has 36 heteroatoms. The number of amides is 6. The van der Waals surface area contributed by atoms with E-state index in [1.165, 1.54) is 29.2 Å². The van der Waals surface area contributed by atoms with Crippen LogP contribution in [0.5, 0.6) is 11.5 Å². The van der Waals surface area contributed by atoms with E-state index >= 15 is 9.59 Å². The molecule has 0 radical (unpaired) electrons. The fourth-order valence-corrected chi connectivity index (χ4v) is 12.9. The van der Waals surface area contributed by atoms with Crippen molar-refractivity contribution in [1.82, 2.24) is 42.1 Å². The lowest BCUT2D eigenvalue weighted by atomic mass is 9.92. The van der Waals surface area contributed by atoms with E-state index in [0.717, 1.165) is 16.3 Å². The first-order valence-corrected chi connectivity index (χ1v) is 33.1. The minimum atomic E-state index is -1.93. The molecule has 6 heterocycles. The highest BCUT2D eigenvalue weighted by atomic mass is 16.7. The standard InChI is InChI=1S/C66H88N12O24/c1-29(32-6-4-3-5-7-32)47-61(95)75-39(17-30-9-13-37(14-10-30)98-63-55(90)52(87)56(44(26-81)100-63)102-64-54(89)51(86)49(84)45(101-64)28-97-27-31-8-11-34-18-38(96-2)15-12-33(34)16-31)58(92)73-40(19-35-21-70-65(67)72-35)59(93)74-41(60(94)76-42(24-79)57(91)69-23-46(82)77-47)20-36-22-71-66(68)78(36)62-53(88)50(85)48(83)43(25-80)99-62/h3-16,18,29,35-36,39-45,47-56,62-64,79-81,83-90H,17,19-28H2,1-2H3,(H2,68,71)(H,69,91)(H,73,92)(H,74,93)(H,75,95)(H,76,94)(H,77,82)(H3,67,70,72)/t29?,35?,36?,39-,40+,41-,42+,43-,44-,45-,47+,48-,49-,50+,51+,52-,53+,54+,55+,56-,62+,63+,64-/m1/s1. The van der Waals surface area contributed by atoms with Crippen molar-refractivity contribution in [2.75, 3.05) is 53.2 Å². The van der Waals surface area contributed by atoms with Gasteiger partial charge < -0.3 is 143 Å². The minimum absolute atomic E-state index is 0.000921. The lowest BCUT2D eigenvalue weighted by molar-refractivity contribution is -0.353. The molecule has 102 heavy (non-hydrogen) atoms. The summed E-state index contributed by atoms with van der Waals surface area (Å²) < 4.78 is 40.6. The van der Waals surface area contributed by atoms with Crippen LogP contribution in [0.3, 0.4) is 0 Å². The lowest BCUT2D eigenvalue weighted by Gasteiger charge is -2.46. The van der Waals surface area contributed by atoms with Crippen LogP contribution in [0.15, 0.2) is 101 Å². The highest BCUT2D eigenvalue weighted by Gasteiger charge is 2.53. The Morgan fingerprint density at radius 2 is 1.18 bits per heavy atom. The molecule has 4 saturated heterocycles. The Kier molecular flexibility index (Phi) is 25.5. The SMILES string of the molecule is COc1ccc2cc(COC[C@H]3O[C@H](O[C@H]4[C@H](O)[C@H](O)[C@@H](Oc5ccc(C[C@H]6NC(=O)[C@H](C(C)c7ccccc7)NC(=O)CNC(=O)[C@H](CO)NC(=O)[C@@H](CC7CN=C(N)N7[C@H]7O[C@H](CO)[C@@H](O)[C@H](O)[C@@H]7O)NC(=O)[C@H](CC7CN=C(N)N7)NC6=O)cc5)O[C@@H]4CO)[C@@H](O)[C@@H](O)[C@@H]3O)ccc2c1. The summed E-state index contributed by atoms with van der Waals surface area (Å²) in [6.45, 7) is -2.38. The summed E-state index contributed by atoms with van der Waals surface area (Å²) in [5.41, 5.74) is 13.9. The number of hydrogen-bond donors (Lipinski definition) is 20. The average molecular weight is 1430 g/mol. The first kappa shape index (κ1) is 76.1. The molecule has 10 rings (SSSR count). The van der Waals surface area contributed by atoms with E-state index in [0.29, 0.717) is 16.9 Å². The van der Waals surface area contributed by atoms with Crippen LogP contribution in [0.4, 0.5) is 0 Å². The maximum absolute atomic E-state index is 15.2. The number of nitrogens with two attached hydrogens (primary N) is 2. The van der Waals surface area contributed by atoms with Gasteiger partial charge in [0.25, 0.3) is 0 Å². The van der Waals surface area contributed by atoms with Crippen molar-refractivity contribution in [1.29, 1.82) is 0 Å². The van der Waals surface area contributed by atoms with Crippen molar-refractivity contribution in [3.05, 3.63) is 108 Å². The number of carbonyl (C=O) groups excluding carboxylic acids is 6. The Bertz CT molecular complexity index is 3620. The zero-order valence-corrected chi connectivity index (χ0v) is 55.4. The van der Waals surface area contributed by atoms with Crippen LogP contribution in [-0.4, -0.2) is 296 Å². The van der Waals surface area contributed by atoms with Gasteiger partial charge in [0.1, 0.15) is 115 Å². The largest absolute Gasteiger partial charge is 0.497 e. The van der Waals surface area contributed by atoms with Gasteiger partial charge in [-0.2, -0.15) is 0 Å². The maximum Gasteiger partial charge on any atom is 0.245 e. The van der Waals surface area contributed by atoms with E-state index in [-0.39, 0.29) is 56.8 Å². The van der Waals surface area contributed by atoms with Gasteiger partial charge in [0, 0.05) is 12.3 Å². The van der Waals surface area contributed by atoms with Gasteiger partial charge in [0.2, 0.25) is 41.7 Å². The number of carbonyl (C=O) groups is 6. The predicted molar refractivity (Wildman–Crippen MR) is 353 cm³/mol. The van der Waals surface area contributed by atoms with E-state index in [2.05, 4.69) is 47.2 Å². The molecular weight excluding hydrogens is 1340 g/mol. The molecule has 0 spiro atoms. The molecule has 6 aliphatic heterocycles. The molecule has 36 nitrogen and oxygen atoms in total. The molecule has 0 aromatic heterocycles. The number of guanidine groups is 2. The molecule has 0 aliphatic carbocycles. The Morgan fingerprint density at radius 3 is 1.85 bits per heavy atom. The van der Waals surface area contributed by atoms with Gasteiger partial charge in [-0.1, -0.05) is 67.6 Å². The summed E-state index contributed by atoms with van der Waals surface area (Å²) >= 11 is 0. The molecule has 3 unspecified atom stereocenters. The second-order valence-electron chi connectivity index (χ2n) is 25.8. The molecule has 4 aromatic carbocycles. The Morgan fingerprint density at radius 1 is 0.569 bits per heavy atom. The molecule has 556 valence electrons. The quantitative estimate of drug-likeness (QED) is 0.0368. The van der Waals surface area contributed by atoms with Crippen molar-refractivity contribution in [3.63, 3.8) is 0 Å². The number of benzene rings is 4. The number of nitrogens with one attached hydrogen (secondary N) is 7. The topological polar surface area (TPSA) is 554 Å². The smallest absolute Gasteiger partial charge is 0.245 e. The summed E-state index contributed by atoms with van der Waals surface area (Å²) in [5, 5.41) is 140. The van der Waals surface area contributed by atoms with Gasteiger partial charge in [-0.3, -0.25) is 38.8 Å². The van der Waals surface area contributed by atoms with Crippen LogP contribution < -0.4 is 58.2 Å². The molecule has 22 N–H and O–H groups in total. The van der Waals surface area contributed by atoms with Crippen LogP contribution in [-0.2, 0) is 65.5 Å². The van der Waals surface area contributed by atoms with Crippen molar-refractivity contribution in [2.24, 2.45) is 21.5 Å². The van der Waals surface area contributed by atoms with Crippen molar-refractivity contribution in [3.8, 4) is 11.5 Å². The van der Waals surface area contributed by atoms with Gasteiger partial charge in [-0.15, -0.1) is 0 Å². The number of fused-ring (bicyclic) bond motifs is 1. The molecule has 6 amide bonds. The summed E-state index contributed by atoms with van der Waals surface area (Å²) in [7, 11) is 1.57. The number of aliphatic hydroxyl groups excluding tert-OH is 11. The van der Waals surface area contributed by atoms with Crippen LogP contribution in [0, 0.1) is 0 Å². The first-order chi connectivity index (χ1) is 48.9. The summed E-state index contributed by atoms with van der Waals surface area (Å²) in [6.07, 6.45) is -26.8. The van der Waals surface area contributed by atoms with Gasteiger partial charge in [-0.25, -0.2) is 0 Å². The number of hydrogen-bond acceptors (Lipinski definition) is 30. The van der Waals surface area contributed by atoms with Crippen LogP contribution in [0.1, 0.15) is 42.4 Å². The van der Waals surface area contributed by atoms with E-state index in [1.54, 1.807) is 44.4 Å². The normalized spacial score (nSPS) is 34.1. The van der Waals surface area contributed by atoms with Gasteiger partial charge in [0.15, 0.2) is 24.4 Å². The van der Waals surface area contributed by atoms with E-state index in [1.807, 2.05) is 36.4 Å². The molecular formula is C66H88N12O24. The van der Waals surface area contributed by atoms with Gasteiger partial charge in [0.05, 0.1) is 71.9 Å². The molecule has 4 fully saturated rings. The summed E-state index contributed by atoms with van der Waals surface area (Å²) in [4.78, 5) is 96.9. The van der Waals surface area contributed by atoms with Crippen molar-refractivity contribution >= 4 is 58.1 Å². The van der Waals surface area contributed by atoms with Gasteiger partial charge >= 0.3 is 0 Å². The third-order valence-electron chi connectivity index (χ3n) is 18.7. The summed E-state index contributed by atoms with van der Waals surface area (Å²) in [6, 6.07) is 15.2. The average Bonchev–Trinajstić information content (AvgIpc) is 1.40. The molecule has 6 aliphatic rings. The maximum atomic E-state index is 15.2. The third kappa shape index (κ3) is 17.9. The zero-order valence-electron chi connectivity index (χ0n) is 55.4. The third-order valence-corrected chi connectivity index (χ3v) is 18.7. The number of rotatable bonds is 21. The number of methoxy groups -OCH3 is 1. The van der Waals surface area contributed by atoms with Crippen LogP contribution in [0.25, 0.3) is 10.8 Å². The highest BCUT2D eigenvalue weighted by Crippen LogP contribution is 2.33. The number of aliphatic imine (C=N–C) groups is 2. The Labute approximate surface area is 583 Å². The fourth-order valence-electron chi connectivity index (χ4n) is 12.9.